The third-order valence-corrected chi connectivity index (χ3v) is 6.81. The number of hydrogen-bond acceptors (Lipinski definition) is 4. The first-order valence-corrected chi connectivity index (χ1v) is 11.7. The maximum Gasteiger partial charge on any atom is 0.416 e. The van der Waals surface area contributed by atoms with Crippen molar-refractivity contribution < 1.29 is 22.6 Å². The highest BCUT2D eigenvalue weighted by molar-refractivity contribution is 5.77. The fourth-order valence-electron chi connectivity index (χ4n) is 5.00. The lowest BCUT2D eigenvalue weighted by Gasteiger charge is -2.36. The van der Waals surface area contributed by atoms with Crippen LogP contribution < -0.4 is 14.4 Å². The molecule has 176 valence electrons. The van der Waals surface area contributed by atoms with E-state index in [9.17, 15) is 13.2 Å². The minimum absolute atomic E-state index is 0.590. The molecule has 0 aromatic heterocycles. The van der Waals surface area contributed by atoms with Gasteiger partial charge in [0, 0.05) is 50.0 Å². The predicted molar refractivity (Wildman–Crippen MR) is 123 cm³/mol. The summed E-state index contributed by atoms with van der Waals surface area (Å²) in [6.07, 6.45) is 0.115. The fourth-order valence-corrected chi connectivity index (χ4v) is 5.00. The van der Waals surface area contributed by atoms with Gasteiger partial charge in [-0.2, -0.15) is 13.2 Å². The molecule has 2 aliphatic heterocycles. The lowest BCUT2D eigenvalue weighted by atomic mass is 9.99. The molecule has 3 aliphatic rings. The number of benzene rings is 2. The number of fused-ring (bicyclic) bond motifs is 2. The first-order valence-electron chi connectivity index (χ1n) is 11.7. The molecule has 0 unspecified atom stereocenters. The molecule has 1 saturated heterocycles. The van der Waals surface area contributed by atoms with Gasteiger partial charge in [0.1, 0.15) is 18.1 Å². The van der Waals surface area contributed by atoms with Gasteiger partial charge in [-0.3, -0.25) is 4.90 Å². The molecule has 2 aromatic carbocycles. The zero-order valence-electron chi connectivity index (χ0n) is 18.7. The van der Waals surface area contributed by atoms with Crippen LogP contribution in [-0.2, 0) is 6.18 Å². The van der Waals surface area contributed by atoms with Gasteiger partial charge in [0.2, 0.25) is 0 Å². The number of nitrogens with zero attached hydrogens (tertiary/aromatic N) is 2. The Morgan fingerprint density at radius 2 is 1.82 bits per heavy atom. The number of ether oxygens (including phenoxy) is 2. The summed E-state index contributed by atoms with van der Waals surface area (Å²) < 4.78 is 50.8. The molecule has 0 N–H and O–H groups in total. The van der Waals surface area contributed by atoms with Crippen molar-refractivity contribution in [2.45, 2.75) is 31.9 Å². The van der Waals surface area contributed by atoms with Crippen LogP contribution in [0.2, 0.25) is 0 Å². The smallest absolute Gasteiger partial charge is 0.416 e. The zero-order valence-corrected chi connectivity index (χ0v) is 18.7. The summed E-state index contributed by atoms with van der Waals surface area (Å²) in [5.41, 5.74) is 4.19. The second kappa shape index (κ2) is 9.29. The van der Waals surface area contributed by atoms with Gasteiger partial charge in [0.15, 0.2) is 0 Å². The fraction of sp³-hybridized carbons (Fsp3) is 0.462. The molecule has 33 heavy (non-hydrogen) atoms. The molecule has 0 radical (unpaired) electrons. The first kappa shape index (κ1) is 22.1. The molecule has 4 nitrogen and oxygen atoms in total. The summed E-state index contributed by atoms with van der Waals surface area (Å²) >= 11 is 0. The van der Waals surface area contributed by atoms with Crippen molar-refractivity contribution >= 4 is 11.3 Å². The third-order valence-electron chi connectivity index (χ3n) is 6.81. The van der Waals surface area contributed by atoms with Gasteiger partial charge in [-0.15, -0.1) is 0 Å². The minimum Gasteiger partial charge on any atom is -0.493 e. The summed E-state index contributed by atoms with van der Waals surface area (Å²) in [5.74, 6) is 1.77. The Bertz CT molecular complexity index is 1030. The average molecular weight is 459 g/mol. The van der Waals surface area contributed by atoms with E-state index in [1.807, 2.05) is 17.0 Å². The van der Waals surface area contributed by atoms with Crippen molar-refractivity contribution in [1.29, 1.82) is 0 Å². The second-order valence-electron chi connectivity index (χ2n) is 8.96. The van der Waals surface area contributed by atoms with Crippen molar-refractivity contribution in [1.82, 2.24) is 4.90 Å². The highest BCUT2D eigenvalue weighted by Gasteiger charge is 2.31. The third kappa shape index (κ3) is 4.98. The largest absolute Gasteiger partial charge is 0.493 e. The number of allylic oxidation sites excluding steroid dienone is 1. The van der Waals surface area contributed by atoms with Crippen LogP contribution in [0, 0.1) is 0 Å². The molecule has 2 aromatic rings. The van der Waals surface area contributed by atoms with Crippen molar-refractivity contribution in [3.63, 3.8) is 0 Å². The number of anilines is 1. The highest BCUT2D eigenvalue weighted by atomic mass is 19.4. The van der Waals surface area contributed by atoms with Crippen molar-refractivity contribution in [3.05, 3.63) is 59.2 Å². The van der Waals surface area contributed by atoms with Crippen LogP contribution in [0.5, 0.6) is 11.5 Å². The van der Waals surface area contributed by atoms with Crippen LogP contribution in [0.4, 0.5) is 18.9 Å². The summed E-state index contributed by atoms with van der Waals surface area (Å²) in [4.78, 5) is 4.37. The van der Waals surface area contributed by atoms with E-state index in [4.69, 9.17) is 9.47 Å². The van der Waals surface area contributed by atoms with Gasteiger partial charge in [0.25, 0.3) is 0 Å². The lowest BCUT2D eigenvalue weighted by Crippen LogP contribution is -2.46. The normalized spacial score (nSPS) is 18.7. The predicted octanol–water partition coefficient (Wildman–Crippen LogP) is 5.63. The summed E-state index contributed by atoms with van der Waals surface area (Å²) in [5, 5.41) is 0. The van der Waals surface area contributed by atoms with E-state index >= 15 is 0 Å². The van der Waals surface area contributed by atoms with Crippen LogP contribution >= 0.6 is 0 Å². The SMILES string of the molecule is FC(F)(F)c1cccc(N2CCN(CCCOc3ccc4c(c3)OCC3=C4CCC3)CC2)c1. The van der Waals surface area contributed by atoms with Gasteiger partial charge in [-0.05, 0) is 67.2 Å². The van der Waals surface area contributed by atoms with E-state index in [1.54, 1.807) is 6.07 Å². The van der Waals surface area contributed by atoms with Gasteiger partial charge >= 0.3 is 6.18 Å². The summed E-state index contributed by atoms with van der Waals surface area (Å²) in [6, 6.07) is 11.8. The van der Waals surface area contributed by atoms with Crippen LogP contribution in [-0.4, -0.2) is 50.8 Å². The van der Waals surface area contributed by atoms with Gasteiger partial charge in [-0.25, -0.2) is 0 Å². The summed E-state index contributed by atoms with van der Waals surface area (Å²) in [6.45, 7) is 5.36. The van der Waals surface area contributed by atoms with Crippen molar-refractivity contribution in [3.8, 4) is 11.5 Å². The molecule has 1 fully saturated rings. The van der Waals surface area contributed by atoms with Crippen LogP contribution in [0.15, 0.2) is 48.0 Å². The zero-order chi connectivity index (χ0) is 22.8. The number of alkyl halides is 3. The molecule has 0 amide bonds. The van der Waals surface area contributed by atoms with Crippen molar-refractivity contribution in [2.75, 3.05) is 50.8 Å². The second-order valence-corrected chi connectivity index (χ2v) is 8.96. The minimum atomic E-state index is -4.31. The molecule has 0 saturated carbocycles. The van der Waals surface area contributed by atoms with E-state index in [0.717, 1.165) is 69.6 Å². The molecule has 2 heterocycles. The monoisotopic (exact) mass is 458 g/mol. The Morgan fingerprint density at radius 1 is 0.970 bits per heavy atom. The van der Waals surface area contributed by atoms with Crippen LogP contribution in [0.25, 0.3) is 5.57 Å². The first-order chi connectivity index (χ1) is 16.0. The number of rotatable bonds is 6. The quantitative estimate of drug-likeness (QED) is 0.524. The van der Waals surface area contributed by atoms with Gasteiger partial charge in [0.05, 0.1) is 12.2 Å². The van der Waals surface area contributed by atoms with E-state index in [1.165, 1.54) is 35.3 Å². The van der Waals surface area contributed by atoms with E-state index in [0.29, 0.717) is 18.9 Å². The Hall–Kier alpha value is -2.67. The Labute approximate surface area is 192 Å². The average Bonchev–Trinajstić information content (AvgIpc) is 3.31. The Kier molecular flexibility index (Phi) is 6.23. The lowest BCUT2D eigenvalue weighted by molar-refractivity contribution is -0.137. The Balaban J connectivity index is 1.06. The number of halogens is 3. The Morgan fingerprint density at radius 3 is 2.64 bits per heavy atom. The molecular formula is C26H29F3N2O2. The van der Waals surface area contributed by atoms with Crippen molar-refractivity contribution in [2.24, 2.45) is 0 Å². The van der Waals surface area contributed by atoms with E-state index < -0.39 is 11.7 Å². The van der Waals surface area contributed by atoms with Crippen LogP contribution in [0.3, 0.4) is 0 Å². The maximum absolute atomic E-state index is 13.0. The molecule has 0 bridgehead atoms. The molecule has 0 spiro atoms. The highest BCUT2D eigenvalue weighted by Crippen LogP contribution is 2.43. The number of piperazine rings is 1. The standard InChI is InChI=1S/C26H29F3N2O2/c27-26(28,29)20-5-2-6-21(16-20)31-13-11-30(12-14-31)10-3-15-32-22-8-9-24-23-7-1-4-19(23)18-33-25(24)17-22/h2,5-6,8-9,16-17H,1,3-4,7,10-15,18H2. The number of hydrogen-bond donors (Lipinski definition) is 0. The van der Waals surface area contributed by atoms with Gasteiger partial charge < -0.3 is 14.4 Å². The van der Waals surface area contributed by atoms with Gasteiger partial charge in [-0.1, -0.05) is 6.07 Å². The summed E-state index contributed by atoms with van der Waals surface area (Å²) in [7, 11) is 0. The molecular weight excluding hydrogens is 429 g/mol. The van der Waals surface area contributed by atoms with E-state index in [2.05, 4.69) is 11.0 Å². The topological polar surface area (TPSA) is 24.9 Å². The molecule has 0 atom stereocenters. The molecule has 1 aliphatic carbocycles. The molecule has 5 rings (SSSR count). The maximum atomic E-state index is 13.0. The van der Waals surface area contributed by atoms with Crippen LogP contribution in [0.1, 0.15) is 36.8 Å². The van der Waals surface area contributed by atoms with E-state index in [-0.39, 0.29) is 0 Å². The molecule has 7 heteroatoms.